The van der Waals surface area contributed by atoms with Crippen LogP contribution in [0.3, 0.4) is 0 Å². The van der Waals surface area contributed by atoms with Gasteiger partial charge in [-0.1, -0.05) is 48.9 Å². The quantitative estimate of drug-likeness (QED) is 0.187. The Kier molecular flexibility index (Phi) is 12.1. The summed E-state index contributed by atoms with van der Waals surface area (Å²) < 4.78 is 5.79. The van der Waals surface area contributed by atoms with Gasteiger partial charge in [0.2, 0.25) is 5.91 Å². The summed E-state index contributed by atoms with van der Waals surface area (Å²) in [7, 11) is 0. The maximum Gasteiger partial charge on any atom is 0.328 e. The van der Waals surface area contributed by atoms with Gasteiger partial charge in [0, 0.05) is 25.1 Å². The summed E-state index contributed by atoms with van der Waals surface area (Å²) >= 11 is 0. The third-order valence-electron chi connectivity index (χ3n) is 6.35. The Labute approximate surface area is 219 Å². The van der Waals surface area contributed by atoms with E-state index in [9.17, 15) is 14.4 Å². The van der Waals surface area contributed by atoms with E-state index in [-0.39, 0.29) is 23.9 Å². The minimum Gasteiger partial charge on any atom is -0.461 e. The molecular weight excluding hydrogens is 470 g/mol. The summed E-state index contributed by atoms with van der Waals surface area (Å²) in [6.45, 7) is 3.21. The Morgan fingerprint density at radius 1 is 0.973 bits per heavy atom. The molecule has 1 saturated carbocycles. The molecule has 1 atom stereocenters. The van der Waals surface area contributed by atoms with Crippen LogP contribution in [0.15, 0.2) is 54.6 Å². The zero-order valence-corrected chi connectivity index (χ0v) is 21.7. The van der Waals surface area contributed by atoms with E-state index in [1.807, 2.05) is 55.5 Å². The molecule has 0 aromatic heterocycles. The fourth-order valence-corrected chi connectivity index (χ4v) is 4.36. The Bertz CT molecular complexity index is 992. The Morgan fingerprint density at radius 3 is 2.51 bits per heavy atom. The molecule has 2 amide bonds. The van der Waals surface area contributed by atoms with Gasteiger partial charge in [-0.25, -0.2) is 10.3 Å². The highest BCUT2D eigenvalue weighted by Gasteiger charge is 2.26. The monoisotopic (exact) mass is 509 g/mol. The molecule has 37 heavy (non-hydrogen) atoms. The molecular formula is C29H39N3O5. The summed E-state index contributed by atoms with van der Waals surface area (Å²) in [5.74, 6) is -0.531. The molecule has 3 rings (SSSR count). The molecule has 0 saturated heterocycles. The number of benzene rings is 2. The number of hydrogen-bond acceptors (Lipinski definition) is 6. The lowest BCUT2D eigenvalue weighted by Gasteiger charge is -2.21. The predicted molar refractivity (Wildman–Crippen MR) is 141 cm³/mol. The molecule has 200 valence electrons. The maximum absolute atomic E-state index is 13.0. The van der Waals surface area contributed by atoms with Crippen molar-refractivity contribution in [1.82, 2.24) is 16.1 Å². The van der Waals surface area contributed by atoms with Crippen LogP contribution in [-0.2, 0) is 25.7 Å². The van der Waals surface area contributed by atoms with Crippen molar-refractivity contribution in [2.45, 2.75) is 77.0 Å². The van der Waals surface area contributed by atoms with E-state index in [1.54, 1.807) is 6.07 Å². The van der Waals surface area contributed by atoms with E-state index in [1.165, 1.54) is 0 Å². The summed E-state index contributed by atoms with van der Waals surface area (Å²) in [6.07, 6.45) is 6.81. The standard InChI is InChI=1S/C29H39N3O5/c1-2-36-32-26(33)18-7-4-10-19-30-28(34)24-15-11-12-22(20-24)21-31-27(23-13-5-3-6-14-23)29(35)37-25-16-8-9-17-25/h3,5-6,11-15,20,25,27,31H,2,4,7-10,16-19,21H2,1H3,(H,30,34)(H,32,33)/t27-/m0/s1. The SMILES string of the molecule is CCONC(=O)CCCCCNC(=O)c1cccc(CN[C@H](C(=O)OC2CCCC2)c2ccccc2)c1. The Morgan fingerprint density at radius 2 is 1.76 bits per heavy atom. The van der Waals surface area contributed by atoms with E-state index in [0.717, 1.165) is 56.1 Å². The minimum atomic E-state index is -0.574. The van der Waals surface area contributed by atoms with Gasteiger partial charge < -0.3 is 10.1 Å². The van der Waals surface area contributed by atoms with E-state index < -0.39 is 6.04 Å². The van der Waals surface area contributed by atoms with Crippen LogP contribution in [0.1, 0.15) is 85.8 Å². The summed E-state index contributed by atoms with van der Waals surface area (Å²) in [5, 5.41) is 6.27. The van der Waals surface area contributed by atoms with Crippen LogP contribution < -0.4 is 16.1 Å². The first kappa shape index (κ1) is 28.3. The van der Waals surface area contributed by atoms with Crippen LogP contribution in [0.2, 0.25) is 0 Å². The fourth-order valence-electron chi connectivity index (χ4n) is 4.36. The molecule has 1 aliphatic carbocycles. The van der Waals surface area contributed by atoms with E-state index in [2.05, 4.69) is 16.1 Å². The summed E-state index contributed by atoms with van der Waals surface area (Å²) in [4.78, 5) is 42.0. The van der Waals surface area contributed by atoms with Crippen molar-refractivity contribution < 1.29 is 24.0 Å². The molecule has 8 nitrogen and oxygen atoms in total. The van der Waals surface area contributed by atoms with Crippen molar-refractivity contribution in [1.29, 1.82) is 0 Å². The zero-order chi connectivity index (χ0) is 26.3. The molecule has 1 aliphatic rings. The van der Waals surface area contributed by atoms with Crippen LogP contribution >= 0.6 is 0 Å². The van der Waals surface area contributed by atoms with Crippen molar-refractivity contribution in [3.63, 3.8) is 0 Å². The second-order valence-electron chi connectivity index (χ2n) is 9.29. The minimum absolute atomic E-state index is 0.000217. The van der Waals surface area contributed by atoms with Crippen LogP contribution in [0.25, 0.3) is 0 Å². The van der Waals surface area contributed by atoms with Gasteiger partial charge in [-0.15, -0.1) is 0 Å². The molecule has 2 aromatic rings. The smallest absolute Gasteiger partial charge is 0.328 e. The van der Waals surface area contributed by atoms with Crippen LogP contribution in [0.4, 0.5) is 0 Å². The van der Waals surface area contributed by atoms with Crippen LogP contribution in [-0.4, -0.2) is 37.0 Å². The third kappa shape index (κ3) is 9.98. The molecule has 0 heterocycles. The lowest BCUT2D eigenvalue weighted by molar-refractivity contribution is -0.151. The Balaban J connectivity index is 1.47. The second kappa shape index (κ2) is 15.8. The zero-order valence-electron chi connectivity index (χ0n) is 21.7. The van der Waals surface area contributed by atoms with Gasteiger partial charge in [0.25, 0.3) is 5.91 Å². The molecule has 1 fully saturated rings. The van der Waals surface area contributed by atoms with Gasteiger partial charge >= 0.3 is 5.97 Å². The highest BCUT2D eigenvalue weighted by atomic mass is 16.6. The van der Waals surface area contributed by atoms with Gasteiger partial charge in [0.05, 0.1) is 6.61 Å². The Hall–Kier alpha value is -3.23. The molecule has 8 heteroatoms. The molecule has 2 aromatic carbocycles. The number of rotatable bonds is 15. The molecule has 0 spiro atoms. The number of carbonyl (C=O) groups is 3. The van der Waals surface area contributed by atoms with E-state index in [0.29, 0.717) is 31.7 Å². The van der Waals surface area contributed by atoms with Crippen molar-refractivity contribution in [3.05, 3.63) is 71.3 Å². The predicted octanol–water partition coefficient (Wildman–Crippen LogP) is 4.36. The number of nitrogens with one attached hydrogen (secondary N) is 3. The first-order valence-corrected chi connectivity index (χ1v) is 13.3. The lowest BCUT2D eigenvalue weighted by atomic mass is 10.1. The van der Waals surface area contributed by atoms with Gasteiger partial charge in [-0.3, -0.25) is 19.7 Å². The highest BCUT2D eigenvalue weighted by Crippen LogP contribution is 2.24. The molecule has 0 bridgehead atoms. The number of carbonyl (C=O) groups excluding carboxylic acids is 3. The number of hydroxylamine groups is 1. The van der Waals surface area contributed by atoms with Gasteiger partial charge in [-0.05, 0) is 68.7 Å². The van der Waals surface area contributed by atoms with Crippen molar-refractivity contribution in [2.75, 3.05) is 13.2 Å². The topological polar surface area (TPSA) is 106 Å². The van der Waals surface area contributed by atoms with Crippen molar-refractivity contribution >= 4 is 17.8 Å². The van der Waals surface area contributed by atoms with Gasteiger partial charge in [0.1, 0.15) is 12.1 Å². The molecule has 0 unspecified atom stereocenters. The number of amides is 2. The molecule has 3 N–H and O–H groups in total. The highest BCUT2D eigenvalue weighted by molar-refractivity contribution is 5.94. The number of unbranched alkanes of at least 4 members (excludes halogenated alkanes) is 2. The molecule has 0 radical (unpaired) electrons. The maximum atomic E-state index is 13.0. The number of hydrogen-bond donors (Lipinski definition) is 3. The van der Waals surface area contributed by atoms with Crippen LogP contribution in [0, 0.1) is 0 Å². The van der Waals surface area contributed by atoms with E-state index in [4.69, 9.17) is 9.57 Å². The second-order valence-corrected chi connectivity index (χ2v) is 9.29. The first-order valence-electron chi connectivity index (χ1n) is 13.3. The first-order chi connectivity index (χ1) is 18.1. The lowest BCUT2D eigenvalue weighted by Crippen LogP contribution is -2.32. The van der Waals surface area contributed by atoms with Gasteiger partial charge in [-0.2, -0.15) is 0 Å². The number of ether oxygens (including phenoxy) is 1. The normalized spacial score (nSPS) is 14.2. The van der Waals surface area contributed by atoms with Crippen molar-refractivity contribution in [2.24, 2.45) is 0 Å². The fraction of sp³-hybridized carbons (Fsp3) is 0.483. The van der Waals surface area contributed by atoms with Crippen molar-refractivity contribution in [3.8, 4) is 0 Å². The van der Waals surface area contributed by atoms with E-state index >= 15 is 0 Å². The summed E-state index contributed by atoms with van der Waals surface area (Å²) in [6, 6.07) is 16.4. The number of esters is 1. The van der Waals surface area contributed by atoms with Gasteiger partial charge in [0.15, 0.2) is 0 Å². The van der Waals surface area contributed by atoms with Crippen LogP contribution in [0.5, 0.6) is 0 Å². The average molecular weight is 510 g/mol. The third-order valence-corrected chi connectivity index (χ3v) is 6.35. The largest absolute Gasteiger partial charge is 0.461 e. The average Bonchev–Trinajstić information content (AvgIpc) is 3.43. The summed E-state index contributed by atoms with van der Waals surface area (Å²) in [5.41, 5.74) is 4.71. The molecule has 0 aliphatic heterocycles.